The van der Waals surface area contributed by atoms with Crippen LogP contribution in [-0.2, 0) is 0 Å². The van der Waals surface area contributed by atoms with Gasteiger partial charge in [0.1, 0.15) is 0 Å². The molecule has 0 N–H and O–H groups in total. The van der Waals surface area contributed by atoms with Crippen LogP contribution in [0.1, 0.15) is 0 Å². The van der Waals surface area contributed by atoms with Crippen molar-refractivity contribution in [3.8, 4) is 0 Å². The summed E-state index contributed by atoms with van der Waals surface area (Å²) in [6, 6.07) is 8.00. The topological polar surface area (TPSA) is 55.9 Å². The minimum absolute atomic E-state index is 0.653. The van der Waals surface area contributed by atoms with Crippen LogP contribution in [0.25, 0.3) is 11.5 Å². The van der Waals surface area contributed by atoms with Gasteiger partial charge < -0.3 is 0 Å². The van der Waals surface area contributed by atoms with Crippen molar-refractivity contribution in [2.45, 2.75) is 0 Å². The Balaban J connectivity index is 2.18. The zero-order valence-corrected chi connectivity index (χ0v) is 9.22. The van der Waals surface area contributed by atoms with Gasteiger partial charge >= 0.3 is 0 Å². The molecule has 0 saturated heterocycles. The zero-order chi connectivity index (χ0) is 11.9. The normalized spacial score (nSPS) is 18.9. The molecule has 0 spiro atoms. The lowest BCUT2D eigenvalue weighted by molar-refractivity contribution is 0.127. The number of hydrazine groups is 1. The van der Waals surface area contributed by atoms with E-state index in [1.54, 1.807) is 10.1 Å². The molecule has 0 unspecified atom stereocenters. The second kappa shape index (κ2) is 3.36. The number of rotatable bonds is 0. The number of hydrogen-bond acceptors (Lipinski definition) is 6. The Morgan fingerprint density at radius 1 is 1.06 bits per heavy atom. The molecule has 6 nitrogen and oxygen atoms in total. The summed E-state index contributed by atoms with van der Waals surface area (Å²) in [5.74, 6) is 0.653. The molecule has 85 valence electrons. The molecule has 3 aliphatic rings. The third-order valence-corrected chi connectivity index (χ3v) is 2.90. The molecular weight excluding hydrogens is 228 g/mol. The summed E-state index contributed by atoms with van der Waals surface area (Å²) < 4.78 is 0. The molecule has 0 bridgehead atoms. The molecule has 1 aromatic carbocycles. The van der Waals surface area contributed by atoms with Gasteiger partial charge in [0.2, 0.25) is 5.82 Å². The highest BCUT2D eigenvalue weighted by Gasteiger charge is 2.27. The predicted molar refractivity (Wildman–Crippen MR) is 62.9 cm³/mol. The van der Waals surface area contributed by atoms with Crippen molar-refractivity contribution in [3.63, 3.8) is 0 Å². The third kappa shape index (κ3) is 1.11. The van der Waals surface area contributed by atoms with Crippen LogP contribution in [0, 0.1) is 6.20 Å². The molecule has 0 amide bonds. The molecule has 1 radical (unpaired) electrons. The number of fused-ring (bicyclic) bond motifs is 4. The van der Waals surface area contributed by atoms with E-state index in [1.165, 1.54) is 0 Å². The molecule has 4 rings (SSSR count). The Kier molecular flexibility index (Phi) is 1.74. The maximum absolute atomic E-state index is 4.06. The van der Waals surface area contributed by atoms with Crippen LogP contribution in [0.4, 0.5) is 0 Å². The molecule has 0 aromatic heterocycles. The number of allylic oxidation sites excluding steroid dienone is 2. The standard InChI is InChI=1S/C12H7N6/c1-2-6-10-9(5-1)11-7-3-4-8-17(11)18-12(10)13-14-15-16-18/h1-7H. The van der Waals surface area contributed by atoms with E-state index in [0.29, 0.717) is 5.82 Å². The van der Waals surface area contributed by atoms with Gasteiger partial charge in [-0.15, -0.1) is 10.2 Å². The maximum atomic E-state index is 4.06. The minimum Gasteiger partial charge on any atom is -0.227 e. The van der Waals surface area contributed by atoms with Gasteiger partial charge in [0, 0.05) is 10.4 Å². The van der Waals surface area contributed by atoms with E-state index >= 15 is 0 Å². The third-order valence-electron chi connectivity index (χ3n) is 2.90. The molecule has 6 heteroatoms. The fourth-order valence-corrected chi connectivity index (χ4v) is 2.15. The Hall–Kier alpha value is -2.76. The van der Waals surface area contributed by atoms with Gasteiger partial charge in [-0.3, -0.25) is 0 Å². The van der Waals surface area contributed by atoms with Crippen LogP contribution < -0.4 is 10.4 Å². The first-order valence-corrected chi connectivity index (χ1v) is 5.47. The van der Waals surface area contributed by atoms with Gasteiger partial charge in [0.15, 0.2) is 0 Å². The van der Waals surface area contributed by atoms with Crippen LogP contribution in [0.15, 0.2) is 63.3 Å². The van der Waals surface area contributed by atoms with Crippen molar-refractivity contribution >= 4 is 11.5 Å². The van der Waals surface area contributed by atoms with Gasteiger partial charge in [-0.05, 0) is 27.8 Å². The van der Waals surface area contributed by atoms with Crippen molar-refractivity contribution < 1.29 is 0 Å². The van der Waals surface area contributed by atoms with Gasteiger partial charge in [-0.1, -0.05) is 30.3 Å². The molecule has 3 aliphatic heterocycles. The molecule has 1 aromatic rings. The fourth-order valence-electron chi connectivity index (χ4n) is 2.15. The number of hydrogen-bond donors (Lipinski definition) is 0. The Morgan fingerprint density at radius 3 is 2.89 bits per heavy atom. The van der Waals surface area contributed by atoms with Crippen LogP contribution in [0.3, 0.4) is 0 Å². The smallest absolute Gasteiger partial charge is 0.206 e. The second-order valence-corrected chi connectivity index (χ2v) is 3.88. The lowest BCUT2D eigenvalue weighted by Crippen LogP contribution is -2.47. The first kappa shape index (κ1) is 9.29. The van der Waals surface area contributed by atoms with Crippen LogP contribution in [0.2, 0.25) is 0 Å². The summed E-state index contributed by atoms with van der Waals surface area (Å²) >= 11 is 0. The SMILES string of the molecule is [C]1=CC=CC2=c3ccccc3=C3N=NN=NN3N12. The average Bonchev–Trinajstić information content (AvgIpc) is 2.48. The van der Waals surface area contributed by atoms with E-state index in [4.69, 9.17) is 0 Å². The van der Waals surface area contributed by atoms with E-state index in [1.807, 2.05) is 42.5 Å². The van der Waals surface area contributed by atoms with Gasteiger partial charge in [-0.2, -0.15) is 0 Å². The average molecular weight is 235 g/mol. The van der Waals surface area contributed by atoms with Crippen molar-refractivity contribution in [2.24, 2.45) is 20.8 Å². The van der Waals surface area contributed by atoms with Crippen molar-refractivity contribution in [3.05, 3.63) is 59.1 Å². The summed E-state index contributed by atoms with van der Waals surface area (Å²) in [5.41, 5.74) is 0.993. The van der Waals surface area contributed by atoms with Gasteiger partial charge in [0.25, 0.3) is 0 Å². The minimum atomic E-state index is 0.653. The van der Waals surface area contributed by atoms with E-state index < -0.39 is 0 Å². The summed E-state index contributed by atoms with van der Waals surface area (Å²) in [7, 11) is 0. The summed E-state index contributed by atoms with van der Waals surface area (Å²) in [6.45, 7) is 0. The van der Waals surface area contributed by atoms with Crippen molar-refractivity contribution in [1.82, 2.24) is 10.1 Å². The molecular formula is C12H7N6. The van der Waals surface area contributed by atoms with Crippen LogP contribution >= 0.6 is 0 Å². The maximum Gasteiger partial charge on any atom is 0.206 e. The lowest BCUT2D eigenvalue weighted by atomic mass is 10.1. The first-order chi connectivity index (χ1) is 8.95. The predicted octanol–water partition coefficient (Wildman–Crippen LogP) is 1.03. The molecule has 18 heavy (non-hydrogen) atoms. The molecule has 0 atom stereocenters. The summed E-state index contributed by atoms with van der Waals surface area (Å²) in [5, 5.41) is 20.7. The largest absolute Gasteiger partial charge is 0.227 e. The highest BCUT2D eigenvalue weighted by molar-refractivity contribution is 5.63. The van der Waals surface area contributed by atoms with Gasteiger partial charge in [-0.25, -0.2) is 5.01 Å². The van der Waals surface area contributed by atoms with Crippen molar-refractivity contribution in [1.29, 1.82) is 0 Å². The molecule has 0 saturated carbocycles. The number of nitrogens with zero attached hydrogens (tertiary/aromatic N) is 6. The monoisotopic (exact) mass is 235 g/mol. The lowest BCUT2D eigenvalue weighted by Gasteiger charge is -2.34. The Bertz CT molecular complexity index is 690. The van der Waals surface area contributed by atoms with E-state index in [9.17, 15) is 0 Å². The highest BCUT2D eigenvalue weighted by atomic mass is 15.9. The zero-order valence-electron chi connectivity index (χ0n) is 9.22. The van der Waals surface area contributed by atoms with Crippen LogP contribution in [0.5, 0.6) is 0 Å². The van der Waals surface area contributed by atoms with Crippen LogP contribution in [-0.4, -0.2) is 10.1 Å². The van der Waals surface area contributed by atoms with Gasteiger partial charge in [0.05, 0.1) is 11.9 Å². The quantitative estimate of drug-likeness (QED) is 0.674. The second-order valence-electron chi connectivity index (χ2n) is 3.88. The molecule has 3 heterocycles. The van der Waals surface area contributed by atoms with E-state index in [2.05, 4.69) is 27.0 Å². The Morgan fingerprint density at radius 2 is 1.94 bits per heavy atom. The highest BCUT2D eigenvalue weighted by Crippen LogP contribution is 2.24. The molecule has 0 fully saturated rings. The molecule has 0 aliphatic carbocycles. The van der Waals surface area contributed by atoms with E-state index in [0.717, 1.165) is 16.1 Å². The Labute approximate surface area is 102 Å². The summed E-state index contributed by atoms with van der Waals surface area (Å²) in [6.07, 6.45) is 8.86. The van der Waals surface area contributed by atoms with E-state index in [-0.39, 0.29) is 0 Å². The fraction of sp³-hybridized carbons (Fsp3) is 0. The first-order valence-electron chi connectivity index (χ1n) is 5.47. The van der Waals surface area contributed by atoms with Crippen molar-refractivity contribution in [2.75, 3.05) is 0 Å². The summed E-state index contributed by atoms with van der Waals surface area (Å²) in [4.78, 5) is 0. The number of benzene rings is 1.